The van der Waals surface area contributed by atoms with Gasteiger partial charge in [-0.3, -0.25) is 0 Å². The molecule has 3 rings (SSSR count). The van der Waals surface area contributed by atoms with Gasteiger partial charge in [-0.05, 0) is 13.0 Å². The molecule has 3 aromatic carbocycles. The molecule has 0 saturated carbocycles. The molecule has 3 N–H and O–H groups in total. The van der Waals surface area contributed by atoms with Crippen molar-refractivity contribution in [2.75, 3.05) is 11.4 Å². The third-order valence-electron chi connectivity index (χ3n) is 6.52. The summed E-state index contributed by atoms with van der Waals surface area (Å²) in [5, 5.41) is 42.6. The first-order valence-electron chi connectivity index (χ1n) is 13.1. The van der Waals surface area contributed by atoms with E-state index in [1.165, 1.54) is 30.3 Å². The van der Waals surface area contributed by atoms with E-state index < -0.39 is 57.5 Å². The van der Waals surface area contributed by atoms with Crippen LogP contribution in [0.5, 0.6) is 5.75 Å². The number of benzene rings is 3. The van der Waals surface area contributed by atoms with Crippen LogP contribution in [-0.2, 0) is 13.3 Å². The summed E-state index contributed by atoms with van der Waals surface area (Å²) in [6, 6.07) is 12.2. The Hall–Kier alpha value is -4.76. The Morgan fingerprint density at radius 1 is 0.932 bits per heavy atom. The van der Waals surface area contributed by atoms with E-state index in [-0.39, 0.29) is 30.0 Å². The van der Waals surface area contributed by atoms with E-state index in [1.807, 2.05) is 0 Å². The number of hydrogen-bond donors (Lipinski definition) is 2. The van der Waals surface area contributed by atoms with Crippen molar-refractivity contribution in [2.45, 2.75) is 37.4 Å². The van der Waals surface area contributed by atoms with E-state index in [9.17, 15) is 46.9 Å². The number of anilines is 1. The number of azo groups is 1. The minimum absolute atomic E-state index is 0.197. The second-order valence-electron chi connectivity index (χ2n) is 9.45. The molecule has 232 valence electrons. The van der Waals surface area contributed by atoms with E-state index in [2.05, 4.69) is 10.2 Å². The van der Waals surface area contributed by atoms with Crippen molar-refractivity contribution < 1.29 is 36.5 Å². The summed E-state index contributed by atoms with van der Waals surface area (Å²) in [7, 11) is 0. The molecule has 3 aromatic rings. The third kappa shape index (κ3) is 7.60. The average Bonchev–Trinajstić information content (AvgIpc) is 2.98. The minimum atomic E-state index is -5.77. The Labute approximate surface area is 253 Å². The Morgan fingerprint density at radius 2 is 1.55 bits per heavy atom. The summed E-state index contributed by atoms with van der Waals surface area (Å²) in [5.74, 6) is -3.12. The number of carbonyl (C=O) groups excluding carboxylic acids is 2. The molecule has 0 fully saturated rings. The molecule has 0 saturated heterocycles. The molecular formula is C27H27AsN6O10-2. The van der Waals surface area contributed by atoms with Crippen molar-refractivity contribution in [1.29, 1.82) is 0 Å². The number of nitro groups is 2. The Bertz CT molecular complexity index is 1560. The summed E-state index contributed by atoms with van der Waals surface area (Å²) in [6.07, 6.45) is 0.841. The molecule has 17 heteroatoms. The van der Waals surface area contributed by atoms with Gasteiger partial charge in [0.25, 0.3) is 0 Å². The fourth-order valence-electron chi connectivity index (χ4n) is 4.45. The van der Waals surface area contributed by atoms with Gasteiger partial charge in [-0.2, -0.15) is 0 Å². The SMILES string of the molecule is NCCCCCC(=O)N(c1ccccc1)[C@](C(=O)N=Nc1ccc([As](=O)([O-])[O-])cc1)(C(c1ccc(O)cc1)[N+](=O)[O-])[N+](=O)[O-]. The summed E-state index contributed by atoms with van der Waals surface area (Å²) in [5.41, 5.74) is 1.14. The van der Waals surface area contributed by atoms with Crippen molar-refractivity contribution in [3.63, 3.8) is 0 Å². The fraction of sp³-hybridized carbons (Fsp3) is 0.259. The number of unbranched alkanes of at least 4 members (excludes halogenated alkanes) is 2. The van der Waals surface area contributed by atoms with Crippen LogP contribution in [0.15, 0.2) is 89.1 Å². The Morgan fingerprint density at radius 3 is 2.07 bits per heavy atom. The maximum atomic E-state index is 14.0. The number of para-hydroxylation sites is 1. The first-order valence-corrected chi connectivity index (χ1v) is 16.3. The third-order valence-corrected chi connectivity index (χ3v) is 8.47. The van der Waals surface area contributed by atoms with Crippen LogP contribution in [0.2, 0.25) is 0 Å². The second-order valence-corrected chi connectivity index (χ2v) is 12.6. The van der Waals surface area contributed by atoms with Gasteiger partial charge in [0.1, 0.15) is 5.75 Å². The number of amides is 2. The molecule has 0 aliphatic heterocycles. The fourth-order valence-corrected chi connectivity index (χ4v) is 5.53. The quantitative estimate of drug-likeness (QED) is 0.0606. The van der Waals surface area contributed by atoms with Crippen LogP contribution in [0.4, 0.5) is 11.4 Å². The molecule has 0 spiro atoms. The summed E-state index contributed by atoms with van der Waals surface area (Å²) >= 11 is -5.77. The van der Waals surface area contributed by atoms with Gasteiger partial charge in [0.15, 0.2) is 0 Å². The number of phenols is 1. The van der Waals surface area contributed by atoms with E-state index in [0.717, 1.165) is 48.5 Å². The summed E-state index contributed by atoms with van der Waals surface area (Å²) < 4.78 is 33.4. The number of nitrogens with two attached hydrogens (primary N) is 1. The van der Waals surface area contributed by atoms with Crippen molar-refractivity contribution >= 4 is 41.7 Å². The molecule has 0 aliphatic carbocycles. The monoisotopic (exact) mass is 670 g/mol. The first-order chi connectivity index (χ1) is 20.8. The van der Waals surface area contributed by atoms with E-state index in [0.29, 0.717) is 24.3 Å². The Kier molecular flexibility index (Phi) is 11.2. The standard InChI is InChI=1S/C27H29AsN6O10/c29-18-6-2-5-9-24(36)32(22-7-3-1-4-8-22)27(34(43)44,25(33(41)42)19-10-16-23(35)17-11-19)26(37)31-30-21-14-12-20(13-15-21)28(38,39)40/h1,3-4,7-8,10-17,25,35H,2,5-6,9,18,29H2,(H2,38,39,40)/p-2/t25?,27-/m1/s1. The summed E-state index contributed by atoms with van der Waals surface area (Å²) in [6.45, 7) is 0.321. The molecule has 2 amide bonds. The maximum absolute atomic E-state index is 14.0. The van der Waals surface area contributed by atoms with Crippen LogP contribution < -0.4 is 23.2 Å². The molecule has 0 aliphatic rings. The predicted octanol–water partition coefficient (Wildman–Crippen LogP) is 0.843. The van der Waals surface area contributed by atoms with Gasteiger partial charge in [0.2, 0.25) is 0 Å². The van der Waals surface area contributed by atoms with Crippen LogP contribution in [0.25, 0.3) is 0 Å². The number of aromatic hydroxyl groups is 1. The summed E-state index contributed by atoms with van der Waals surface area (Å²) in [4.78, 5) is 51.7. The van der Waals surface area contributed by atoms with Crippen LogP contribution in [0.1, 0.15) is 37.3 Å². The second kappa shape index (κ2) is 14.6. The Balaban J connectivity index is 2.29. The van der Waals surface area contributed by atoms with E-state index >= 15 is 0 Å². The van der Waals surface area contributed by atoms with Crippen LogP contribution in [0, 0.1) is 20.2 Å². The van der Waals surface area contributed by atoms with E-state index in [4.69, 9.17) is 5.73 Å². The van der Waals surface area contributed by atoms with Gasteiger partial charge in [0.05, 0.1) is 0 Å². The number of rotatable bonds is 14. The average molecular weight is 670 g/mol. The molecule has 1 unspecified atom stereocenters. The number of phenolic OH excluding ortho intramolecular Hbond substituents is 1. The molecule has 0 bridgehead atoms. The van der Waals surface area contributed by atoms with Gasteiger partial charge >= 0.3 is 211 Å². The molecule has 0 aromatic heterocycles. The van der Waals surface area contributed by atoms with Gasteiger partial charge in [-0.1, -0.05) is 12.5 Å². The van der Waals surface area contributed by atoms with Crippen molar-refractivity contribution in [3.8, 4) is 5.75 Å². The van der Waals surface area contributed by atoms with Gasteiger partial charge in [-0.25, -0.2) is 0 Å². The zero-order valence-corrected chi connectivity index (χ0v) is 24.9. The van der Waals surface area contributed by atoms with Crippen LogP contribution in [0.3, 0.4) is 0 Å². The molecular weight excluding hydrogens is 643 g/mol. The molecule has 16 nitrogen and oxygen atoms in total. The number of carbonyl (C=O) groups is 2. The topological polar surface area (TPSA) is 258 Å². The molecule has 2 atom stereocenters. The van der Waals surface area contributed by atoms with Crippen molar-refractivity contribution in [2.24, 2.45) is 16.0 Å². The number of nitrogens with zero attached hydrogens (tertiary/aromatic N) is 5. The zero-order valence-electron chi connectivity index (χ0n) is 23.0. The molecule has 0 heterocycles. The van der Waals surface area contributed by atoms with Gasteiger partial charge in [-0.15, -0.1) is 0 Å². The van der Waals surface area contributed by atoms with E-state index in [1.54, 1.807) is 0 Å². The number of hydrogen-bond acceptors (Lipinski definition) is 12. The molecule has 0 radical (unpaired) electrons. The van der Waals surface area contributed by atoms with Crippen molar-refractivity contribution in [3.05, 3.63) is 105 Å². The normalized spacial score (nSPS) is 13.6. The van der Waals surface area contributed by atoms with Gasteiger partial charge < -0.3 is 10.8 Å². The predicted molar refractivity (Wildman–Crippen MR) is 151 cm³/mol. The van der Waals surface area contributed by atoms with Gasteiger partial charge in [0, 0.05) is 0 Å². The zero-order chi connectivity index (χ0) is 32.5. The van der Waals surface area contributed by atoms with Crippen LogP contribution in [-0.4, -0.2) is 53.1 Å². The van der Waals surface area contributed by atoms with Crippen molar-refractivity contribution in [1.82, 2.24) is 0 Å². The van der Waals surface area contributed by atoms with Crippen LogP contribution >= 0.6 is 0 Å². The molecule has 44 heavy (non-hydrogen) atoms. The first kappa shape index (κ1) is 33.7.